The van der Waals surface area contributed by atoms with Crippen molar-refractivity contribution in [1.82, 2.24) is 24.5 Å². The normalized spacial score (nSPS) is 10.9. The fourth-order valence-electron chi connectivity index (χ4n) is 1.13. The van der Waals surface area contributed by atoms with Crippen molar-refractivity contribution in [3.8, 4) is 5.69 Å². The molecule has 0 N–H and O–H groups in total. The predicted molar refractivity (Wildman–Crippen MR) is 58.7 cm³/mol. The van der Waals surface area contributed by atoms with Gasteiger partial charge in [-0.05, 0) is 36.7 Å². The van der Waals surface area contributed by atoms with Crippen LogP contribution in [-0.2, 0) is 0 Å². The highest BCUT2D eigenvalue weighted by atomic mass is 32.2. The van der Waals surface area contributed by atoms with E-state index in [0.717, 1.165) is 10.8 Å². The Morgan fingerprint density at radius 3 is 2.60 bits per heavy atom. The van der Waals surface area contributed by atoms with Crippen LogP contribution in [-0.4, -0.2) is 38.6 Å². The molecule has 5 nitrogen and oxygen atoms in total. The van der Waals surface area contributed by atoms with Crippen molar-refractivity contribution in [2.45, 2.75) is 5.16 Å². The summed E-state index contributed by atoms with van der Waals surface area (Å²) in [6.07, 6.45) is 0. The van der Waals surface area contributed by atoms with Crippen molar-refractivity contribution in [3.63, 3.8) is 0 Å². The molecular weight excluding hydrogens is 210 g/mol. The minimum atomic E-state index is 0.756. The molecule has 0 saturated heterocycles. The van der Waals surface area contributed by atoms with Crippen LogP contribution >= 0.6 is 11.9 Å². The quantitative estimate of drug-likeness (QED) is 0.729. The number of nitrogens with zero attached hydrogens (tertiary/aromatic N) is 5. The molecule has 2 rings (SSSR count). The zero-order chi connectivity index (χ0) is 10.7. The van der Waals surface area contributed by atoms with Gasteiger partial charge < -0.3 is 0 Å². The monoisotopic (exact) mass is 221 g/mol. The van der Waals surface area contributed by atoms with Crippen LogP contribution in [0.5, 0.6) is 0 Å². The number of rotatable bonds is 3. The van der Waals surface area contributed by atoms with Crippen molar-refractivity contribution in [2.75, 3.05) is 14.1 Å². The van der Waals surface area contributed by atoms with Crippen molar-refractivity contribution in [3.05, 3.63) is 30.3 Å². The summed E-state index contributed by atoms with van der Waals surface area (Å²) < 4.78 is 3.66. The molecule has 0 aliphatic rings. The number of hydrogen-bond acceptors (Lipinski definition) is 5. The van der Waals surface area contributed by atoms with Crippen LogP contribution in [0.15, 0.2) is 35.5 Å². The third kappa shape index (κ3) is 2.34. The van der Waals surface area contributed by atoms with E-state index in [2.05, 4.69) is 15.5 Å². The molecule has 2 aromatic rings. The van der Waals surface area contributed by atoms with Gasteiger partial charge in [0.05, 0.1) is 5.69 Å². The van der Waals surface area contributed by atoms with Gasteiger partial charge in [0.15, 0.2) is 0 Å². The molecular formula is C9H11N5S. The zero-order valence-corrected chi connectivity index (χ0v) is 9.35. The molecule has 0 fully saturated rings. The average molecular weight is 221 g/mol. The topological polar surface area (TPSA) is 46.8 Å². The summed E-state index contributed by atoms with van der Waals surface area (Å²) >= 11 is 1.49. The van der Waals surface area contributed by atoms with Crippen LogP contribution in [0, 0.1) is 0 Å². The Morgan fingerprint density at radius 1 is 1.20 bits per heavy atom. The first-order valence-corrected chi connectivity index (χ1v) is 5.24. The summed E-state index contributed by atoms with van der Waals surface area (Å²) in [7, 11) is 3.91. The molecule has 6 heteroatoms. The van der Waals surface area contributed by atoms with E-state index in [-0.39, 0.29) is 0 Å². The van der Waals surface area contributed by atoms with E-state index < -0.39 is 0 Å². The van der Waals surface area contributed by atoms with Gasteiger partial charge in [-0.1, -0.05) is 23.3 Å². The smallest absolute Gasteiger partial charge is 0.229 e. The van der Waals surface area contributed by atoms with Gasteiger partial charge in [-0.25, -0.2) is 4.31 Å². The Hall–Kier alpha value is -1.40. The molecule has 0 unspecified atom stereocenters. The van der Waals surface area contributed by atoms with Crippen molar-refractivity contribution in [2.24, 2.45) is 0 Å². The molecule has 0 radical (unpaired) electrons. The third-order valence-electron chi connectivity index (χ3n) is 1.71. The number of benzene rings is 1. The molecule has 0 atom stereocenters. The second-order valence-electron chi connectivity index (χ2n) is 3.11. The van der Waals surface area contributed by atoms with Crippen LogP contribution in [0.3, 0.4) is 0 Å². The first-order chi connectivity index (χ1) is 7.27. The lowest BCUT2D eigenvalue weighted by molar-refractivity contribution is 0.683. The summed E-state index contributed by atoms with van der Waals surface area (Å²) in [5.74, 6) is 0. The van der Waals surface area contributed by atoms with E-state index in [1.165, 1.54) is 11.9 Å². The maximum absolute atomic E-state index is 3.96. The molecule has 1 aromatic heterocycles. The van der Waals surface area contributed by atoms with Crippen molar-refractivity contribution < 1.29 is 0 Å². The third-order valence-corrected chi connectivity index (χ3v) is 2.49. The average Bonchev–Trinajstić information content (AvgIpc) is 2.66. The van der Waals surface area contributed by atoms with Gasteiger partial charge in [-0.2, -0.15) is 4.68 Å². The first kappa shape index (κ1) is 10.1. The van der Waals surface area contributed by atoms with Crippen LogP contribution in [0.2, 0.25) is 0 Å². The minimum absolute atomic E-state index is 0.756. The number of hydrogen-bond donors (Lipinski definition) is 0. The van der Waals surface area contributed by atoms with E-state index in [9.17, 15) is 0 Å². The summed E-state index contributed by atoms with van der Waals surface area (Å²) in [6.45, 7) is 0. The lowest BCUT2D eigenvalue weighted by Gasteiger charge is -2.07. The van der Waals surface area contributed by atoms with Crippen LogP contribution in [0.25, 0.3) is 5.69 Å². The highest BCUT2D eigenvalue weighted by Crippen LogP contribution is 2.18. The second kappa shape index (κ2) is 4.41. The van der Waals surface area contributed by atoms with Gasteiger partial charge in [0.2, 0.25) is 5.16 Å². The van der Waals surface area contributed by atoms with Gasteiger partial charge in [-0.3, -0.25) is 0 Å². The fourth-order valence-corrected chi connectivity index (χ4v) is 1.75. The minimum Gasteiger partial charge on any atom is -0.250 e. The van der Waals surface area contributed by atoms with E-state index in [4.69, 9.17) is 0 Å². The lowest BCUT2D eigenvalue weighted by atomic mass is 10.3. The Balaban J connectivity index is 2.33. The van der Waals surface area contributed by atoms with Gasteiger partial charge in [0.1, 0.15) is 0 Å². The highest BCUT2D eigenvalue weighted by molar-refractivity contribution is 7.96. The van der Waals surface area contributed by atoms with Crippen LogP contribution in [0.4, 0.5) is 0 Å². The number of tetrazole rings is 1. The van der Waals surface area contributed by atoms with Crippen LogP contribution in [0.1, 0.15) is 0 Å². The lowest BCUT2D eigenvalue weighted by Crippen LogP contribution is -2.04. The summed E-state index contributed by atoms with van der Waals surface area (Å²) in [4.78, 5) is 0. The molecule has 0 aliphatic heterocycles. The molecule has 0 bridgehead atoms. The summed E-state index contributed by atoms with van der Waals surface area (Å²) in [5.41, 5.74) is 0.965. The molecule has 0 amide bonds. The zero-order valence-electron chi connectivity index (χ0n) is 8.53. The molecule has 1 heterocycles. The Kier molecular flexibility index (Phi) is 2.98. The maximum atomic E-state index is 3.96. The van der Waals surface area contributed by atoms with E-state index in [1.807, 2.05) is 48.7 Å². The standard InChI is InChI=1S/C9H11N5S/c1-13(2)15-9-10-11-12-14(9)8-6-4-3-5-7-8/h3-7H,1-2H3. The predicted octanol–water partition coefficient (Wildman–Crippen LogP) is 1.23. The SMILES string of the molecule is CN(C)Sc1nnnn1-c1ccccc1. The molecule has 1 aromatic carbocycles. The van der Waals surface area contributed by atoms with E-state index in [0.29, 0.717) is 0 Å². The molecule has 78 valence electrons. The maximum Gasteiger partial charge on any atom is 0.229 e. The van der Waals surface area contributed by atoms with Crippen molar-refractivity contribution in [1.29, 1.82) is 0 Å². The van der Waals surface area contributed by atoms with Crippen LogP contribution < -0.4 is 0 Å². The molecule has 0 aliphatic carbocycles. The molecule has 15 heavy (non-hydrogen) atoms. The van der Waals surface area contributed by atoms with E-state index in [1.54, 1.807) is 4.68 Å². The summed E-state index contributed by atoms with van der Waals surface area (Å²) in [6, 6.07) is 9.82. The van der Waals surface area contributed by atoms with Gasteiger partial charge in [0.25, 0.3) is 0 Å². The Bertz CT molecular complexity index is 425. The summed E-state index contributed by atoms with van der Waals surface area (Å²) in [5, 5.41) is 12.3. The number of para-hydroxylation sites is 1. The molecule has 0 saturated carbocycles. The second-order valence-corrected chi connectivity index (χ2v) is 4.39. The fraction of sp³-hybridized carbons (Fsp3) is 0.222. The Morgan fingerprint density at radius 2 is 1.93 bits per heavy atom. The Labute approximate surface area is 92.2 Å². The van der Waals surface area contributed by atoms with Gasteiger partial charge >= 0.3 is 0 Å². The highest BCUT2D eigenvalue weighted by Gasteiger charge is 2.09. The van der Waals surface area contributed by atoms with Gasteiger partial charge in [0, 0.05) is 11.9 Å². The number of aromatic nitrogens is 4. The largest absolute Gasteiger partial charge is 0.250 e. The molecule has 0 spiro atoms. The van der Waals surface area contributed by atoms with Crippen molar-refractivity contribution >= 4 is 11.9 Å². The first-order valence-electron chi connectivity index (χ1n) is 4.46. The van der Waals surface area contributed by atoms with Gasteiger partial charge in [-0.15, -0.1) is 0 Å². The van der Waals surface area contributed by atoms with E-state index >= 15 is 0 Å².